The van der Waals surface area contributed by atoms with Gasteiger partial charge in [-0.1, -0.05) is 6.58 Å². The van der Waals surface area contributed by atoms with E-state index in [0.717, 1.165) is 0 Å². The molecule has 2 aliphatic carbocycles. The molecule has 0 aromatic heterocycles. The van der Waals surface area contributed by atoms with E-state index in [1.54, 1.807) is 6.92 Å². The van der Waals surface area contributed by atoms with Crippen LogP contribution in [0.25, 0.3) is 0 Å². The summed E-state index contributed by atoms with van der Waals surface area (Å²) in [5.41, 5.74) is -0.665. The average molecular weight is 307 g/mol. The van der Waals surface area contributed by atoms with E-state index in [4.69, 9.17) is 14.2 Å². The Balaban J connectivity index is 1.60. The monoisotopic (exact) mass is 307 g/mol. The van der Waals surface area contributed by atoms with Gasteiger partial charge in [0.25, 0.3) is 0 Å². The zero-order chi connectivity index (χ0) is 16.1. The Labute approximate surface area is 127 Å². The van der Waals surface area contributed by atoms with Gasteiger partial charge in [0, 0.05) is 11.8 Å². The summed E-state index contributed by atoms with van der Waals surface area (Å²) in [5, 5.41) is 18.7. The molecule has 0 aromatic carbocycles. The lowest BCUT2D eigenvalue weighted by Crippen LogP contribution is -2.40. The fourth-order valence-corrected chi connectivity index (χ4v) is 3.76. The van der Waals surface area contributed by atoms with Gasteiger partial charge in [-0.25, -0.2) is 4.79 Å². The lowest BCUT2D eigenvalue weighted by Gasteiger charge is -2.27. The number of ether oxygens (including phenoxy) is 3. The summed E-state index contributed by atoms with van der Waals surface area (Å²) in [6.07, 6.45) is -1.27. The van der Waals surface area contributed by atoms with Crippen LogP contribution in [0.15, 0.2) is 12.2 Å². The van der Waals surface area contributed by atoms with Crippen LogP contribution in [-0.4, -0.2) is 42.1 Å². The number of nitriles is 1. The maximum absolute atomic E-state index is 11.9. The van der Waals surface area contributed by atoms with Gasteiger partial charge in [0.2, 0.25) is 0 Å². The Morgan fingerprint density at radius 3 is 3.05 bits per heavy atom. The van der Waals surface area contributed by atoms with Crippen LogP contribution < -0.4 is 0 Å². The molecule has 3 rings (SSSR count). The number of aliphatic hydroxyl groups excluding tert-OH is 1. The van der Waals surface area contributed by atoms with Crippen molar-refractivity contribution in [2.45, 2.75) is 38.3 Å². The van der Waals surface area contributed by atoms with Crippen molar-refractivity contribution in [3.05, 3.63) is 12.2 Å². The Morgan fingerprint density at radius 2 is 2.41 bits per heavy atom. The first-order chi connectivity index (χ1) is 10.4. The molecule has 1 heterocycles. The first kappa shape index (κ1) is 15.0. The van der Waals surface area contributed by atoms with Crippen LogP contribution in [0.4, 0.5) is 0 Å². The smallest absolute Gasteiger partial charge is 0.332 e. The maximum Gasteiger partial charge on any atom is 0.332 e. The van der Waals surface area contributed by atoms with Crippen molar-refractivity contribution < 1.29 is 28.9 Å². The van der Waals surface area contributed by atoms with Crippen LogP contribution in [0.3, 0.4) is 0 Å². The molecule has 2 bridgehead atoms. The highest BCUT2D eigenvalue weighted by molar-refractivity contribution is 5.84. The molecule has 3 fully saturated rings. The van der Waals surface area contributed by atoms with Gasteiger partial charge in [-0.3, -0.25) is 4.79 Å². The van der Waals surface area contributed by atoms with Crippen molar-refractivity contribution in [1.29, 1.82) is 5.26 Å². The van der Waals surface area contributed by atoms with Crippen LogP contribution in [0.1, 0.15) is 19.8 Å². The van der Waals surface area contributed by atoms with Crippen molar-refractivity contribution in [3.8, 4) is 6.07 Å². The van der Waals surface area contributed by atoms with Gasteiger partial charge in [-0.2, -0.15) is 5.26 Å². The fourth-order valence-electron chi connectivity index (χ4n) is 3.76. The summed E-state index contributed by atoms with van der Waals surface area (Å²) in [4.78, 5) is 23.7. The first-order valence-corrected chi connectivity index (χ1v) is 7.16. The van der Waals surface area contributed by atoms with E-state index in [1.807, 2.05) is 0 Å². The molecule has 6 atom stereocenters. The lowest BCUT2D eigenvalue weighted by molar-refractivity contribution is -0.172. The molecule has 22 heavy (non-hydrogen) atoms. The first-order valence-electron chi connectivity index (χ1n) is 7.16. The second kappa shape index (κ2) is 5.07. The normalized spacial score (nSPS) is 39.2. The summed E-state index contributed by atoms with van der Waals surface area (Å²) in [6.45, 7) is 4.67. The minimum absolute atomic E-state index is 0.0453. The van der Waals surface area contributed by atoms with Crippen molar-refractivity contribution in [2.24, 2.45) is 17.3 Å². The molecule has 1 aliphatic heterocycles. The van der Waals surface area contributed by atoms with E-state index in [-0.39, 0.29) is 11.8 Å². The van der Waals surface area contributed by atoms with Gasteiger partial charge >= 0.3 is 11.9 Å². The highest BCUT2D eigenvalue weighted by Crippen LogP contribution is 2.62. The van der Waals surface area contributed by atoms with Crippen molar-refractivity contribution in [2.75, 3.05) is 6.61 Å². The summed E-state index contributed by atoms with van der Waals surface area (Å²) < 4.78 is 15.5. The minimum atomic E-state index is -1.22. The number of carbonyl (C=O) groups excluding carboxylic acids is 2. The standard InChI is InChI=1S/C15H17NO6/c1-7(2)13(18)20-5-10(17)21-11-8-3-9-12(11)22-14(19)15(9,4-8)6-16/h8-9,11-13,18H,1,3-5H2,2H3. The van der Waals surface area contributed by atoms with Crippen LogP contribution >= 0.6 is 0 Å². The van der Waals surface area contributed by atoms with Crippen molar-refractivity contribution in [1.82, 2.24) is 0 Å². The summed E-state index contributed by atoms with van der Waals surface area (Å²) in [5.74, 6) is -1.38. The predicted octanol–water partition coefficient (Wildman–Crippen LogP) is 0.284. The number of carbonyl (C=O) groups is 2. The van der Waals surface area contributed by atoms with E-state index in [2.05, 4.69) is 12.6 Å². The predicted molar refractivity (Wildman–Crippen MR) is 70.8 cm³/mol. The Bertz CT molecular complexity index is 581. The van der Waals surface area contributed by atoms with Crippen LogP contribution in [0.2, 0.25) is 0 Å². The minimum Gasteiger partial charge on any atom is -0.457 e. The number of nitrogens with zero attached hydrogens (tertiary/aromatic N) is 1. The molecule has 0 radical (unpaired) electrons. The van der Waals surface area contributed by atoms with E-state index >= 15 is 0 Å². The molecule has 1 N–H and O–H groups in total. The largest absolute Gasteiger partial charge is 0.457 e. The van der Waals surface area contributed by atoms with E-state index in [1.165, 1.54) is 0 Å². The molecule has 0 spiro atoms. The van der Waals surface area contributed by atoms with Gasteiger partial charge in [-0.05, 0) is 25.3 Å². The molecular weight excluding hydrogens is 290 g/mol. The van der Waals surface area contributed by atoms with E-state index in [0.29, 0.717) is 18.4 Å². The summed E-state index contributed by atoms with van der Waals surface area (Å²) >= 11 is 0. The molecule has 7 nitrogen and oxygen atoms in total. The topological polar surface area (TPSA) is 106 Å². The fraction of sp³-hybridized carbons (Fsp3) is 0.667. The molecule has 0 amide bonds. The lowest BCUT2D eigenvalue weighted by atomic mass is 9.75. The quantitative estimate of drug-likeness (QED) is 0.442. The third kappa shape index (κ3) is 2.02. The third-order valence-electron chi connectivity index (χ3n) is 4.81. The number of hydrogen-bond donors (Lipinski definition) is 1. The van der Waals surface area contributed by atoms with Crippen molar-refractivity contribution in [3.63, 3.8) is 0 Å². The number of hydrogen-bond acceptors (Lipinski definition) is 7. The molecule has 1 saturated heterocycles. The second-order valence-electron chi connectivity index (χ2n) is 6.22. The van der Waals surface area contributed by atoms with E-state index in [9.17, 15) is 20.0 Å². The van der Waals surface area contributed by atoms with Gasteiger partial charge < -0.3 is 19.3 Å². The molecule has 2 saturated carbocycles. The highest BCUT2D eigenvalue weighted by Gasteiger charge is 2.72. The Morgan fingerprint density at radius 1 is 1.68 bits per heavy atom. The number of rotatable bonds is 5. The number of fused-ring (bicyclic) bond motifs is 1. The third-order valence-corrected chi connectivity index (χ3v) is 4.81. The molecule has 6 unspecified atom stereocenters. The molecular formula is C15H17NO6. The van der Waals surface area contributed by atoms with Gasteiger partial charge in [0.05, 0.1) is 6.07 Å². The van der Waals surface area contributed by atoms with Crippen LogP contribution in [0.5, 0.6) is 0 Å². The highest BCUT2D eigenvalue weighted by atomic mass is 16.6. The summed E-state index contributed by atoms with van der Waals surface area (Å²) in [6, 6.07) is 2.09. The van der Waals surface area contributed by atoms with Gasteiger partial charge in [-0.15, -0.1) is 0 Å². The molecule has 118 valence electrons. The summed E-state index contributed by atoms with van der Waals surface area (Å²) in [7, 11) is 0. The SMILES string of the molecule is C=C(C)C(O)OCC(=O)OC1C2CC3C1OC(=O)C3(C#N)C2. The van der Waals surface area contributed by atoms with Gasteiger partial charge in [0.15, 0.2) is 11.7 Å². The molecule has 3 aliphatic rings. The second-order valence-corrected chi connectivity index (χ2v) is 6.22. The van der Waals surface area contributed by atoms with Gasteiger partial charge in [0.1, 0.15) is 18.8 Å². The maximum atomic E-state index is 11.9. The van der Waals surface area contributed by atoms with Crippen LogP contribution in [0, 0.1) is 28.6 Å². The molecule has 7 heteroatoms. The van der Waals surface area contributed by atoms with Crippen LogP contribution in [-0.2, 0) is 23.8 Å². The van der Waals surface area contributed by atoms with E-state index < -0.39 is 42.5 Å². The Kier molecular flexibility index (Phi) is 3.46. The number of esters is 2. The zero-order valence-corrected chi connectivity index (χ0v) is 12.2. The zero-order valence-electron chi connectivity index (χ0n) is 12.2. The average Bonchev–Trinajstić information content (AvgIpc) is 3.06. The van der Waals surface area contributed by atoms with Crippen molar-refractivity contribution >= 4 is 11.9 Å². The number of aliphatic hydroxyl groups is 1. The Hall–Kier alpha value is -1.91. The molecule has 0 aromatic rings.